The number of nitrogens with two attached hydrogens (primary N) is 1. The van der Waals surface area contributed by atoms with Crippen LogP contribution in [-0.4, -0.2) is 69.4 Å². The number of rotatable bonds is 6. The Morgan fingerprint density at radius 1 is 1.20 bits per heavy atom. The van der Waals surface area contributed by atoms with Crippen molar-refractivity contribution in [1.82, 2.24) is 30.0 Å². The number of nitrogens with one attached hydrogen (secondary N) is 1. The van der Waals surface area contributed by atoms with Crippen molar-refractivity contribution in [3.63, 3.8) is 0 Å². The van der Waals surface area contributed by atoms with E-state index in [1.165, 1.54) is 18.9 Å². The van der Waals surface area contributed by atoms with Crippen LogP contribution in [0.3, 0.4) is 0 Å². The van der Waals surface area contributed by atoms with Gasteiger partial charge in [-0.3, -0.25) is 14.4 Å². The molecule has 5 aliphatic rings. The number of hydrogen-bond donors (Lipinski definition) is 2. The monoisotopic (exact) mass is 764 g/mol. The van der Waals surface area contributed by atoms with Gasteiger partial charge in [0, 0.05) is 44.4 Å². The molecule has 0 radical (unpaired) electrons. The lowest BCUT2D eigenvalue weighted by Crippen LogP contribution is -2.43. The Bertz CT molecular complexity index is 1840. The Morgan fingerprint density at radius 3 is 2.78 bits per heavy atom. The highest BCUT2D eigenvalue weighted by molar-refractivity contribution is 9.10. The van der Waals surface area contributed by atoms with E-state index in [0.29, 0.717) is 65.3 Å². The third-order valence-electron chi connectivity index (χ3n) is 10.9. The summed E-state index contributed by atoms with van der Waals surface area (Å²) in [5.74, 6) is 0.294. The summed E-state index contributed by atoms with van der Waals surface area (Å²) in [4.78, 5) is 27.0. The van der Waals surface area contributed by atoms with E-state index in [-0.39, 0.29) is 41.7 Å². The molecule has 16 heteroatoms. The van der Waals surface area contributed by atoms with Gasteiger partial charge in [-0.25, -0.2) is 0 Å². The van der Waals surface area contributed by atoms with Gasteiger partial charge in [-0.2, -0.15) is 28.2 Å². The van der Waals surface area contributed by atoms with E-state index in [4.69, 9.17) is 36.8 Å². The number of aryl methyl sites for hydroxylation is 1. The third-order valence-corrected chi connectivity index (χ3v) is 12.0. The molecular formula is C33H37BrClF3N8O3. The SMILES string of the molecule is CNC(=O)c1nn2c(c1Br)CN(c1nc(OCC34CCCN3CC3(CC3)C4)nc3c1COC(c1cc(N)cc(Cl)c1C(F)(F)F)C3)CCC2. The molecule has 6 heterocycles. The van der Waals surface area contributed by atoms with Gasteiger partial charge in [-0.05, 0) is 84.1 Å². The molecule has 1 aromatic carbocycles. The molecule has 1 saturated carbocycles. The molecule has 262 valence electrons. The average molecular weight is 766 g/mol. The summed E-state index contributed by atoms with van der Waals surface area (Å²) in [6, 6.07) is 2.58. The zero-order chi connectivity index (χ0) is 34.3. The number of carbonyl (C=O) groups excluding carboxylic acids is 1. The molecule has 1 spiro atoms. The van der Waals surface area contributed by atoms with Gasteiger partial charge >= 0.3 is 12.2 Å². The Kier molecular flexibility index (Phi) is 8.08. The summed E-state index contributed by atoms with van der Waals surface area (Å²) < 4.78 is 57.9. The van der Waals surface area contributed by atoms with Crippen LogP contribution < -0.4 is 20.7 Å². The second kappa shape index (κ2) is 12.0. The predicted molar refractivity (Wildman–Crippen MR) is 178 cm³/mol. The fraction of sp³-hybridized carbons (Fsp3) is 0.576. The van der Waals surface area contributed by atoms with Crippen LogP contribution in [0.5, 0.6) is 6.01 Å². The zero-order valence-corrected chi connectivity index (χ0v) is 29.3. The topological polar surface area (TPSA) is 124 Å². The van der Waals surface area contributed by atoms with E-state index >= 15 is 0 Å². The van der Waals surface area contributed by atoms with Crippen LogP contribution in [0.1, 0.15) is 83.2 Å². The number of amides is 1. The Morgan fingerprint density at radius 2 is 2.02 bits per heavy atom. The van der Waals surface area contributed by atoms with Crippen molar-refractivity contribution < 1.29 is 27.4 Å². The molecule has 0 bridgehead atoms. The van der Waals surface area contributed by atoms with Crippen molar-refractivity contribution in [2.45, 2.75) is 82.5 Å². The van der Waals surface area contributed by atoms with E-state index in [0.717, 1.165) is 44.1 Å². The summed E-state index contributed by atoms with van der Waals surface area (Å²) >= 11 is 9.72. The molecule has 1 amide bonds. The lowest BCUT2D eigenvalue weighted by Gasteiger charge is -2.33. The molecule has 8 rings (SSSR count). The smallest absolute Gasteiger partial charge is 0.418 e. The lowest BCUT2D eigenvalue weighted by molar-refractivity contribution is -0.139. The standard InChI is InChI=1S/C33H37BrClF3N8O3/c1-40-29(47)27-26(34)23-13-44(7-3-9-46(23)43-27)28-20-14-48-24(19-10-18(39)11-21(35)25(19)33(36,37)38)12-22(20)41-30(42-28)49-17-32-4-2-8-45(32)16-31(15-32)5-6-31/h10-11,24H,2-9,12-17,39H2,1H3,(H,40,47). The van der Waals surface area contributed by atoms with Crippen molar-refractivity contribution in [2.24, 2.45) is 5.41 Å². The minimum atomic E-state index is -4.71. The number of nitrogen functional groups attached to an aromatic ring is 1. The van der Waals surface area contributed by atoms with Crippen LogP contribution >= 0.6 is 27.5 Å². The Balaban J connectivity index is 1.16. The molecule has 3 fully saturated rings. The first-order chi connectivity index (χ1) is 23.4. The number of benzene rings is 1. The van der Waals surface area contributed by atoms with Gasteiger partial charge in [0.05, 0.1) is 51.2 Å². The molecule has 4 aliphatic heterocycles. The molecule has 1 aliphatic carbocycles. The van der Waals surface area contributed by atoms with Crippen molar-refractivity contribution >= 4 is 44.9 Å². The van der Waals surface area contributed by atoms with Crippen LogP contribution in [0.15, 0.2) is 16.6 Å². The first-order valence-corrected chi connectivity index (χ1v) is 17.8. The quantitative estimate of drug-likeness (QED) is 0.306. The number of aromatic nitrogens is 4. The van der Waals surface area contributed by atoms with Gasteiger partial charge in [0.2, 0.25) is 0 Å². The largest absolute Gasteiger partial charge is 0.461 e. The molecule has 2 aromatic heterocycles. The summed E-state index contributed by atoms with van der Waals surface area (Å²) in [6.07, 6.45) is 0.823. The minimum Gasteiger partial charge on any atom is -0.461 e. The van der Waals surface area contributed by atoms with E-state index < -0.39 is 22.9 Å². The lowest BCUT2D eigenvalue weighted by atomic mass is 9.89. The van der Waals surface area contributed by atoms with Gasteiger partial charge in [0.25, 0.3) is 5.91 Å². The van der Waals surface area contributed by atoms with E-state index in [1.54, 1.807) is 7.05 Å². The number of nitrogens with zero attached hydrogens (tertiary/aromatic N) is 6. The second-order valence-electron chi connectivity index (χ2n) is 14.1. The number of halogens is 5. The van der Waals surface area contributed by atoms with E-state index in [2.05, 4.69) is 36.1 Å². The van der Waals surface area contributed by atoms with Crippen molar-refractivity contribution in [3.8, 4) is 6.01 Å². The van der Waals surface area contributed by atoms with E-state index in [9.17, 15) is 18.0 Å². The Labute approximate surface area is 294 Å². The van der Waals surface area contributed by atoms with Gasteiger partial charge in [-0.15, -0.1) is 0 Å². The maximum absolute atomic E-state index is 14.3. The van der Waals surface area contributed by atoms with Crippen LogP contribution in [0, 0.1) is 5.41 Å². The van der Waals surface area contributed by atoms with Crippen molar-refractivity contribution in [1.29, 1.82) is 0 Å². The van der Waals surface area contributed by atoms with Gasteiger partial charge < -0.3 is 25.4 Å². The molecule has 2 atom stereocenters. The number of hydrogen-bond acceptors (Lipinski definition) is 9. The highest BCUT2D eigenvalue weighted by Gasteiger charge is 2.60. The molecular weight excluding hydrogens is 729 g/mol. The number of alkyl halides is 3. The van der Waals surface area contributed by atoms with Gasteiger partial charge in [-0.1, -0.05) is 11.6 Å². The second-order valence-corrected chi connectivity index (χ2v) is 15.3. The third kappa shape index (κ3) is 5.83. The number of carbonyl (C=O) groups is 1. The highest BCUT2D eigenvalue weighted by Crippen LogP contribution is 2.60. The number of anilines is 2. The maximum atomic E-state index is 14.3. The zero-order valence-electron chi connectivity index (χ0n) is 27.0. The molecule has 49 heavy (non-hydrogen) atoms. The van der Waals surface area contributed by atoms with Crippen LogP contribution in [0.25, 0.3) is 0 Å². The molecule has 2 unspecified atom stereocenters. The van der Waals surface area contributed by atoms with Crippen LogP contribution in [0.2, 0.25) is 5.02 Å². The highest BCUT2D eigenvalue weighted by atomic mass is 79.9. The average Bonchev–Trinajstić information content (AvgIpc) is 3.55. The molecule has 3 N–H and O–H groups in total. The number of fused-ring (bicyclic) bond motifs is 3. The van der Waals surface area contributed by atoms with E-state index in [1.807, 2.05) is 4.68 Å². The molecule has 3 aromatic rings. The van der Waals surface area contributed by atoms with Crippen LogP contribution in [-0.2, 0) is 37.0 Å². The summed E-state index contributed by atoms with van der Waals surface area (Å²) in [7, 11) is 1.56. The van der Waals surface area contributed by atoms with Gasteiger partial charge in [0.15, 0.2) is 5.69 Å². The first kappa shape index (κ1) is 33.0. The molecule has 2 saturated heterocycles. The summed E-state index contributed by atoms with van der Waals surface area (Å²) in [5, 5.41) is 6.71. The maximum Gasteiger partial charge on any atom is 0.418 e. The fourth-order valence-corrected chi connectivity index (χ4v) is 9.34. The van der Waals surface area contributed by atoms with Gasteiger partial charge in [0.1, 0.15) is 12.4 Å². The van der Waals surface area contributed by atoms with Crippen molar-refractivity contribution in [2.75, 3.05) is 43.9 Å². The minimum absolute atomic E-state index is 0.0278. The summed E-state index contributed by atoms with van der Waals surface area (Å²) in [6.45, 7) is 4.15. The fourth-order valence-electron chi connectivity index (χ4n) is 8.41. The Hall–Kier alpha value is -3.14. The predicted octanol–water partition coefficient (Wildman–Crippen LogP) is 5.67. The van der Waals surface area contributed by atoms with Crippen molar-refractivity contribution in [3.05, 3.63) is 55.4 Å². The van der Waals surface area contributed by atoms with Crippen LogP contribution in [0.4, 0.5) is 24.7 Å². The number of ether oxygens (including phenoxy) is 2. The first-order valence-electron chi connectivity index (χ1n) is 16.7. The molecule has 11 nitrogen and oxygen atoms in total. The normalized spacial score (nSPS) is 24.4. The summed E-state index contributed by atoms with van der Waals surface area (Å²) in [5.41, 5.74) is 7.69.